The molecule has 1 fully saturated rings. The van der Waals surface area contributed by atoms with E-state index < -0.39 is 0 Å². The maximum absolute atomic E-state index is 12.1. The minimum Gasteiger partial charge on any atom is -0.328 e. The van der Waals surface area contributed by atoms with Gasteiger partial charge in [0.2, 0.25) is 6.23 Å². The summed E-state index contributed by atoms with van der Waals surface area (Å²) in [5.74, 6) is 0.366. The Morgan fingerprint density at radius 3 is 2.82 bits per heavy atom. The normalized spacial score (nSPS) is 18.0. The van der Waals surface area contributed by atoms with Crippen LogP contribution >= 0.6 is 0 Å². The lowest BCUT2D eigenvalue weighted by Gasteiger charge is -2.23. The molecule has 0 radical (unpaired) electrons. The first-order valence-electron chi connectivity index (χ1n) is 7.81. The van der Waals surface area contributed by atoms with E-state index in [0.29, 0.717) is 5.92 Å². The van der Waals surface area contributed by atoms with Crippen molar-refractivity contribution in [2.24, 2.45) is 0 Å². The first-order chi connectivity index (χ1) is 10.7. The third kappa shape index (κ3) is 2.55. The van der Waals surface area contributed by atoms with Crippen molar-refractivity contribution in [1.82, 2.24) is 19.9 Å². The van der Waals surface area contributed by atoms with E-state index >= 15 is 0 Å². The molecule has 7 heteroatoms. The van der Waals surface area contributed by atoms with E-state index in [-0.39, 0.29) is 11.8 Å². The van der Waals surface area contributed by atoms with Gasteiger partial charge in [-0.3, -0.25) is 4.79 Å². The number of nitrogens with zero attached hydrogens (tertiary/aromatic N) is 2. The van der Waals surface area contributed by atoms with Gasteiger partial charge >= 0.3 is 0 Å². The zero-order chi connectivity index (χ0) is 15.7. The van der Waals surface area contributed by atoms with Crippen LogP contribution in [-0.2, 0) is 4.74 Å². The summed E-state index contributed by atoms with van der Waals surface area (Å²) >= 11 is 0. The highest BCUT2D eigenvalue weighted by atomic mass is 16.5. The van der Waals surface area contributed by atoms with Crippen molar-refractivity contribution >= 4 is 5.65 Å². The summed E-state index contributed by atoms with van der Waals surface area (Å²) in [6.07, 6.45) is 1.89. The molecular formula is C15H24N5O2+. The summed E-state index contributed by atoms with van der Waals surface area (Å²) in [7, 11) is 3.62. The lowest BCUT2D eigenvalue weighted by Crippen LogP contribution is -2.81. The van der Waals surface area contributed by atoms with Gasteiger partial charge in [-0.05, 0) is 32.9 Å². The van der Waals surface area contributed by atoms with Gasteiger partial charge in [-0.15, -0.1) is 0 Å². The predicted octanol–water partition coefficient (Wildman–Crippen LogP) is -0.364. The molecule has 0 aliphatic carbocycles. The first-order valence-corrected chi connectivity index (χ1v) is 7.81. The molecule has 2 aromatic heterocycles. The second kappa shape index (κ2) is 6.20. The fourth-order valence-electron chi connectivity index (χ4n) is 3.36. The fourth-order valence-corrected chi connectivity index (χ4v) is 3.36. The highest BCUT2D eigenvalue weighted by molar-refractivity contribution is 5.51. The van der Waals surface area contributed by atoms with Crippen LogP contribution in [0.5, 0.6) is 0 Å². The van der Waals surface area contributed by atoms with Crippen LogP contribution < -0.4 is 16.2 Å². The van der Waals surface area contributed by atoms with Gasteiger partial charge in [0.1, 0.15) is 11.2 Å². The van der Waals surface area contributed by atoms with E-state index in [9.17, 15) is 4.79 Å². The second-order valence-electron chi connectivity index (χ2n) is 5.83. The van der Waals surface area contributed by atoms with Crippen LogP contribution in [0.25, 0.3) is 5.65 Å². The Balaban J connectivity index is 2.18. The van der Waals surface area contributed by atoms with Crippen LogP contribution in [0, 0.1) is 6.92 Å². The molecule has 0 amide bonds. The molecule has 0 bridgehead atoms. The number of rotatable bonds is 4. The van der Waals surface area contributed by atoms with Crippen molar-refractivity contribution in [1.29, 1.82) is 0 Å². The van der Waals surface area contributed by atoms with Gasteiger partial charge < -0.3 is 20.4 Å². The molecule has 3 rings (SSSR count). The number of methoxy groups -OCH3 is 1. The van der Waals surface area contributed by atoms with Crippen molar-refractivity contribution in [2.45, 2.75) is 31.9 Å². The van der Waals surface area contributed by atoms with Gasteiger partial charge in [-0.2, -0.15) is 5.10 Å². The lowest BCUT2D eigenvalue weighted by atomic mass is 9.94. The lowest BCUT2D eigenvalue weighted by molar-refractivity contribution is -0.710. The number of ether oxygens (including phenoxy) is 1. The van der Waals surface area contributed by atoms with E-state index in [2.05, 4.69) is 15.4 Å². The molecule has 0 spiro atoms. The quantitative estimate of drug-likeness (QED) is 0.673. The molecule has 3 heterocycles. The molecule has 7 nitrogen and oxygen atoms in total. The summed E-state index contributed by atoms with van der Waals surface area (Å²) in [6.45, 7) is 3.92. The van der Waals surface area contributed by atoms with Crippen LogP contribution in [-0.4, -0.2) is 41.8 Å². The number of fused-ring (bicyclic) bond motifs is 1. The average Bonchev–Trinajstić information content (AvgIpc) is 2.85. The fraction of sp³-hybridized carbons (Fsp3) is 0.600. The Morgan fingerprint density at radius 1 is 1.45 bits per heavy atom. The summed E-state index contributed by atoms with van der Waals surface area (Å²) in [5.41, 5.74) is 3.51. The molecule has 4 N–H and O–H groups in total. The monoisotopic (exact) mass is 306 g/mol. The first kappa shape index (κ1) is 15.2. The molecule has 0 aromatic carbocycles. The second-order valence-corrected chi connectivity index (χ2v) is 5.83. The van der Waals surface area contributed by atoms with Gasteiger partial charge in [0.15, 0.2) is 0 Å². The Labute approximate surface area is 129 Å². The molecule has 0 saturated carbocycles. The largest absolute Gasteiger partial charge is 0.328 e. The Morgan fingerprint density at radius 2 is 2.18 bits per heavy atom. The van der Waals surface area contributed by atoms with Crippen molar-refractivity contribution in [3.05, 3.63) is 33.4 Å². The molecular weight excluding hydrogens is 282 g/mol. The molecule has 1 atom stereocenters. The average molecular weight is 306 g/mol. The van der Waals surface area contributed by atoms with Crippen LogP contribution in [0.15, 0.2) is 10.9 Å². The highest BCUT2D eigenvalue weighted by Crippen LogP contribution is 2.27. The molecule has 1 aliphatic heterocycles. The summed E-state index contributed by atoms with van der Waals surface area (Å²) in [5, 5.41) is 10.0. The molecule has 22 heavy (non-hydrogen) atoms. The summed E-state index contributed by atoms with van der Waals surface area (Å²) < 4.78 is 7.42. The molecule has 1 aliphatic rings. The van der Waals surface area contributed by atoms with Gasteiger partial charge in [0.05, 0.1) is 18.4 Å². The number of aryl methyl sites for hydroxylation is 1. The third-order valence-electron chi connectivity index (χ3n) is 4.47. The van der Waals surface area contributed by atoms with Crippen molar-refractivity contribution in [3.63, 3.8) is 0 Å². The maximum atomic E-state index is 12.1. The topological polar surface area (TPSA) is 88.0 Å². The Bertz CT molecular complexity index is 711. The van der Waals surface area contributed by atoms with Crippen LogP contribution in [0.4, 0.5) is 0 Å². The number of quaternary nitrogens is 1. The molecule has 1 saturated heterocycles. The molecule has 2 aromatic rings. The SMILES string of the molecule is C[NH2+]C(OC)c1c(C)nn2c(C3CCNCC3)cc(=O)[nH]c12. The number of aromatic amines is 1. The van der Waals surface area contributed by atoms with E-state index in [1.807, 2.05) is 23.8 Å². The highest BCUT2D eigenvalue weighted by Gasteiger charge is 2.26. The van der Waals surface area contributed by atoms with Crippen LogP contribution in [0.1, 0.15) is 41.9 Å². The third-order valence-corrected chi connectivity index (χ3v) is 4.47. The smallest absolute Gasteiger partial charge is 0.251 e. The van der Waals surface area contributed by atoms with Gasteiger partial charge in [0.25, 0.3) is 5.56 Å². The van der Waals surface area contributed by atoms with Gasteiger partial charge in [-0.1, -0.05) is 0 Å². The van der Waals surface area contributed by atoms with Gasteiger partial charge in [0, 0.05) is 19.1 Å². The minimum atomic E-state index is -0.170. The molecule has 1 unspecified atom stereocenters. The number of nitrogens with one attached hydrogen (secondary N) is 2. The van der Waals surface area contributed by atoms with Crippen molar-refractivity contribution in [2.75, 3.05) is 27.2 Å². The maximum Gasteiger partial charge on any atom is 0.251 e. The van der Waals surface area contributed by atoms with Crippen LogP contribution in [0.3, 0.4) is 0 Å². The standard InChI is InChI=1S/C15H23N5O2/c1-9-13(15(16-2)22-3)14-18-12(21)8-11(20(14)19-9)10-4-6-17-7-5-10/h8,10,15-17H,4-7H2,1-3H3,(H,18,21)/p+1. The summed E-state index contributed by atoms with van der Waals surface area (Å²) in [6, 6.07) is 1.69. The molecule has 120 valence electrons. The zero-order valence-electron chi connectivity index (χ0n) is 13.3. The predicted molar refractivity (Wildman–Crippen MR) is 83.0 cm³/mol. The number of piperidine rings is 1. The van der Waals surface area contributed by atoms with E-state index in [1.165, 1.54) is 0 Å². The number of H-pyrrole nitrogens is 1. The van der Waals surface area contributed by atoms with Crippen molar-refractivity contribution in [3.8, 4) is 0 Å². The van der Waals surface area contributed by atoms with E-state index in [4.69, 9.17) is 4.74 Å². The minimum absolute atomic E-state index is 0.0758. The van der Waals surface area contributed by atoms with Gasteiger partial charge in [-0.25, -0.2) is 4.52 Å². The number of hydrogen-bond donors (Lipinski definition) is 3. The van der Waals surface area contributed by atoms with E-state index in [0.717, 1.165) is 48.5 Å². The van der Waals surface area contributed by atoms with Crippen LogP contribution in [0.2, 0.25) is 0 Å². The Kier molecular flexibility index (Phi) is 4.28. The summed E-state index contributed by atoms with van der Waals surface area (Å²) in [4.78, 5) is 15.1. The van der Waals surface area contributed by atoms with Crippen molar-refractivity contribution < 1.29 is 10.1 Å². The number of hydrogen-bond acceptors (Lipinski definition) is 4. The number of nitrogens with two attached hydrogens (primary N) is 1. The Hall–Kier alpha value is -1.70. The van der Waals surface area contributed by atoms with E-state index in [1.54, 1.807) is 13.2 Å². The number of aromatic nitrogens is 3. The zero-order valence-corrected chi connectivity index (χ0v) is 13.3.